The van der Waals surface area contributed by atoms with Crippen LogP contribution in [0, 0.1) is 17.8 Å². The molecule has 1 fully saturated rings. The average Bonchev–Trinajstić information content (AvgIpc) is 2.49. The van der Waals surface area contributed by atoms with E-state index in [-0.39, 0.29) is 6.61 Å². The van der Waals surface area contributed by atoms with Gasteiger partial charge in [0.1, 0.15) is 0 Å². The van der Waals surface area contributed by atoms with Gasteiger partial charge in [0.05, 0.1) is 19.8 Å². The van der Waals surface area contributed by atoms with E-state index in [1.54, 1.807) is 0 Å². The van der Waals surface area contributed by atoms with Crippen molar-refractivity contribution in [2.45, 2.75) is 25.9 Å². The Bertz CT molecular complexity index is 453. The lowest BCUT2D eigenvalue weighted by Gasteiger charge is -2.21. The van der Waals surface area contributed by atoms with E-state index < -0.39 is 0 Å². The minimum Gasteiger partial charge on any atom is -0.395 e. The normalized spacial score (nSPS) is 15.7. The second-order valence-electron chi connectivity index (χ2n) is 5.05. The molecule has 3 nitrogen and oxygen atoms in total. The quantitative estimate of drug-likeness (QED) is 0.838. The topological polar surface area (TPSA) is 38.7 Å². The highest BCUT2D eigenvalue weighted by molar-refractivity contribution is 5.36. The summed E-state index contributed by atoms with van der Waals surface area (Å²) in [7, 11) is 0. The third kappa shape index (κ3) is 5.34. The van der Waals surface area contributed by atoms with Crippen molar-refractivity contribution >= 4 is 0 Å². The van der Waals surface area contributed by atoms with Gasteiger partial charge in [0.2, 0.25) is 0 Å². The van der Waals surface area contributed by atoms with Crippen molar-refractivity contribution in [2.24, 2.45) is 5.92 Å². The minimum atomic E-state index is 0.112. The number of hydrogen-bond acceptors (Lipinski definition) is 3. The first kappa shape index (κ1) is 15.1. The van der Waals surface area contributed by atoms with E-state index >= 15 is 0 Å². The Kier molecular flexibility index (Phi) is 6.59. The van der Waals surface area contributed by atoms with Gasteiger partial charge in [0.25, 0.3) is 0 Å². The Morgan fingerprint density at radius 1 is 1.30 bits per heavy atom. The molecule has 2 rings (SSSR count). The van der Waals surface area contributed by atoms with Crippen LogP contribution in [0.3, 0.4) is 0 Å². The molecule has 0 spiro atoms. The van der Waals surface area contributed by atoms with Crippen LogP contribution in [0.5, 0.6) is 0 Å². The van der Waals surface area contributed by atoms with Gasteiger partial charge >= 0.3 is 0 Å². The molecule has 0 atom stereocenters. The number of aliphatic hydroxyl groups excluding tert-OH is 1. The van der Waals surface area contributed by atoms with Gasteiger partial charge in [-0.15, -0.1) is 0 Å². The molecule has 0 bridgehead atoms. The van der Waals surface area contributed by atoms with Crippen molar-refractivity contribution in [1.29, 1.82) is 0 Å². The Balaban J connectivity index is 1.77. The third-order valence-corrected chi connectivity index (χ3v) is 3.36. The molecule has 0 aromatic heterocycles. The molecule has 20 heavy (non-hydrogen) atoms. The largest absolute Gasteiger partial charge is 0.395 e. The van der Waals surface area contributed by atoms with E-state index in [1.165, 1.54) is 0 Å². The summed E-state index contributed by atoms with van der Waals surface area (Å²) in [5, 5.41) is 8.71. The van der Waals surface area contributed by atoms with Gasteiger partial charge in [-0.2, -0.15) is 0 Å². The molecule has 1 aromatic rings. The van der Waals surface area contributed by atoms with E-state index in [4.69, 9.17) is 14.6 Å². The predicted molar refractivity (Wildman–Crippen MR) is 78.2 cm³/mol. The van der Waals surface area contributed by atoms with E-state index in [9.17, 15) is 0 Å². The highest BCUT2D eigenvalue weighted by Gasteiger charge is 2.13. The van der Waals surface area contributed by atoms with Gasteiger partial charge in [-0.25, -0.2) is 0 Å². The SMILES string of the molecule is OCCC#Cc1cccc(COCC2CCOCC2)c1. The summed E-state index contributed by atoms with van der Waals surface area (Å²) in [5.41, 5.74) is 2.12. The van der Waals surface area contributed by atoms with Crippen LogP contribution in [0.25, 0.3) is 0 Å². The minimum absolute atomic E-state index is 0.112. The zero-order valence-corrected chi connectivity index (χ0v) is 11.8. The highest BCUT2D eigenvalue weighted by atomic mass is 16.5. The molecule has 0 aliphatic carbocycles. The molecule has 0 unspecified atom stereocenters. The highest BCUT2D eigenvalue weighted by Crippen LogP contribution is 2.15. The van der Waals surface area contributed by atoms with Gasteiger partial charge in [-0.3, -0.25) is 0 Å². The fourth-order valence-corrected chi connectivity index (χ4v) is 2.22. The van der Waals surface area contributed by atoms with E-state index in [0.717, 1.165) is 43.8 Å². The Labute approximate surface area is 120 Å². The first-order valence-electron chi connectivity index (χ1n) is 7.22. The van der Waals surface area contributed by atoms with Gasteiger partial charge in [-0.1, -0.05) is 24.0 Å². The van der Waals surface area contributed by atoms with Crippen molar-refractivity contribution in [2.75, 3.05) is 26.4 Å². The summed E-state index contributed by atoms with van der Waals surface area (Å²) in [6.45, 7) is 3.28. The number of benzene rings is 1. The Morgan fingerprint density at radius 3 is 2.95 bits per heavy atom. The van der Waals surface area contributed by atoms with Crippen molar-refractivity contribution in [3.8, 4) is 11.8 Å². The van der Waals surface area contributed by atoms with Gasteiger partial charge in [-0.05, 0) is 36.5 Å². The van der Waals surface area contributed by atoms with Crippen LogP contribution in [-0.4, -0.2) is 31.5 Å². The zero-order valence-electron chi connectivity index (χ0n) is 11.8. The standard InChI is InChI=1S/C17H22O3/c18-9-2-1-4-15-5-3-6-17(12-15)14-20-13-16-7-10-19-11-8-16/h3,5-6,12,16,18H,2,7-11,13-14H2. The number of hydrogen-bond donors (Lipinski definition) is 1. The summed E-state index contributed by atoms with van der Waals surface area (Å²) < 4.78 is 11.1. The molecule has 0 amide bonds. The molecular weight excluding hydrogens is 252 g/mol. The zero-order chi connectivity index (χ0) is 14.0. The second-order valence-corrected chi connectivity index (χ2v) is 5.05. The summed E-state index contributed by atoms with van der Waals surface area (Å²) in [4.78, 5) is 0. The van der Waals surface area contributed by atoms with Crippen molar-refractivity contribution in [1.82, 2.24) is 0 Å². The van der Waals surface area contributed by atoms with Crippen LogP contribution in [-0.2, 0) is 16.1 Å². The molecule has 1 heterocycles. The van der Waals surface area contributed by atoms with E-state index in [0.29, 0.717) is 18.9 Å². The maximum Gasteiger partial charge on any atom is 0.0717 e. The second kappa shape index (κ2) is 8.76. The molecule has 1 N–H and O–H groups in total. The van der Waals surface area contributed by atoms with Crippen LogP contribution in [0.1, 0.15) is 30.4 Å². The molecule has 3 heteroatoms. The fourth-order valence-electron chi connectivity index (χ4n) is 2.22. The van der Waals surface area contributed by atoms with Gasteiger partial charge in [0, 0.05) is 25.2 Å². The maximum absolute atomic E-state index is 8.71. The molecule has 1 aromatic carbocycles. The maximum atomic E-state index is 8.71. The molecule has 1 saturated heterocycles. The summed E-state index contributed by atoms with van der Waals surface area (Å²) in [6, 6.07) is 8.08. The lowest BCUT2D eigenvalue weighted by atomic mass is 10.0. The molecule has 1 aliphatic rings. The third-order valence-electron chi connectivity index (χ3n) is 3.36. The molecular formula is C17H22O3. The smallest absolute Gasteiger partial charge is 0.0717 e. The fraction of sp³-hybridized carbons (Fsp3) is 0.529. The molecule has 0 saturated carbocycles. The van der Waals surface area contributed by atoms with E-state index in [1.807, 2.05) is 18.2 Å². The van der Waals surface area contributed by atoms with Crippen LogP contribution in [0.15, 0.2) is 24.3 Å². The summed E-state index contributed by atoms with van der Waals surface area (Å²) >= 11 is 0. The summed E-state index contributed by atoms with van der Waals surface area (Å²) in [6.07, 6.45) is 2.73. The number of rotatable bonds is 5. The number of aliphatic hydroxyl groups is 1. The summed E-state index contributed by atoms with van der Waals surface area (Å²) in [5.74, 6) is 6.61. The van der Waals surface area contributed by atoms with Gasteiger partial charge < -0.3 is 14.6 Å². The van der Waals surface area contributed by atoms with Crippen LogP contribution in [0.2, 0.25) is 0 Å². The first-order chi connectivity index (χ1) is 9.88. The van der Waals surface area contributed by atoms with Gasteiger partial charge in [0.15, 0.2) is 0 Å². The predicted octanol–water partition coefficient (Wildman–Crippen LogP) is 2.36. The molecule has 1 aliphatic heterocycles. The Morgan fingerprint density at radius 2 is 2.15 bits per heavy atom. The van der Waals surface area contributed by atoms with Crippen molar-refractivity contribution < 1.29 is 14.6 Å². The monoisotopic (exact) mass is 274 g/mol. The first-order valence-corrected chi connectivity index (χ1v) is 7.22. The van der Waals surface area contributed by atoms with Crippen LogP contribution >= 0.6 is 0 Å². The van der Waals surface area contributed by atoms with Crippen LogP contribution < -0.4 is 0 Å². The Hall–Kier alpha value is -1.34. The number of ether oxygens (including phenoxy) is 2. The lowest BCUT2D eigenvalue weighted by molar-refractivity contribution is 0.0157. The molecule has 0 radical (unpaired) electrons. The van der Waals surface area contributed by atoms with Crippen molar-refractivity contribution in [3.63, 3.8) is 0 Å². The lowest BCUT2D eigenvalue weighted by Crippen LogP contribution is -2.20. The van der Waals surface area contributed by atoms with E-state index in [2.05, 4.69) is 17.9 Å². The van der Waals surface area contributed by atoms with Crippen molar-refractivity contribution in [3.05, 3.63) is 35.4 Å². The molecule has 108 valence electrons. The van der Waals surface area contributed by atoms with Crippen LogP contribution in [0.4, 0.5) is 0 Å². The average molecular weight is 274 g/mol.